The zero-order valence-corrected chi connectivity index (χ0v) is 17.2. The van der Waals surface area contributed by atoms with Gasteiger partial charge in [0.2, 0.25) is 5.91 Å². The van der Waals surface area contributed by atoms with Gasteiger partial charge in [-0.15, -0.1) is 0 Å². The molecule has 2 atom stereocenters. The Morgan fingerprint density at radius 3 is 2.43 bits per heavy atom. The fourth-order valence-corrected chi connectivity index (χ4v) is 3.48. The second-order valence-electron chi connectivity index (χ2n) is 8.05. The highest BCUT2D eigenvalue weighted by Gasteiger charge is 2.29. The molecule has 2 N–H and O–H groups in total. The van der Waals surface area contributed by atoms with Crippen molar-refractivity contribution in [2.24, 2.45) is 5.92 Å². The molecule has 1 aliphatic carbocycles. The van der Waals surface area contributed by atoms with E-state index in [1.165, 1.54) is 0 Å². The van der Waals surface area contributed by atoms with Crippen molar-refractivity contribution in [2.45, 2.75) is 44.8 Å². The molecule has 0 radical (unpaired) electrons. The van der Waals surface area contributed by atoms with Gasteiger partial charge in [0, 0.05) is 23.8 Å². The maximum Gasteiger partial charge on any atom is 0.251 e. The number of amides is 2. The van der Waals surface area contributed by atoms with Gasteiger partial charge in [-0.25, -0.2) is 0 Å². The number of carbonyl (C=O) groups is 2. The predicted octanol–water partition coefficient (Wildman–Crippen LogP) is 4.08. The number of benzene rings is 2. The van der Waals surface area contributed by atoms with Crippen LogP contribution in [0.4, 0.5) is 5.69 Å². The lowest BCUT2D eigenvalue weighted by molar-refractivity contribution is -0.117. The summed E-state index contributed by atoms with van der Waals surface area (Å²) in [5, 5.41) is 5.93. The van der Waals surface area contributed by atoms with Crippen molar-refractivity contribution >= 4 is 17.5 Å². The van der Waals surface area contributed by atoms with Crippen molar-refractivity contribution in [1.29, 1.82) is 0 Å². The van der Waals surface area contributed by atoms with Gasteiger partial charge >= 0.3 is 0 Å². The molecule has 0 spiro atoms. The third kappa shape index (κ3) is 5.39. The zero-order valence-electron chi connectivity index (χ0n) is 17.2. The number of nitrogens with one attached hydrogen (secondary N) is 2. The Kier molecular flexibility index (Phi) is 6.33. The Balaban J connectivity index is 1.27. The van der Waals surface area contributed by atoms with Gasteiger partial charge in [0.25, 0.3) is 5.91 Å². The number of ether oxygens (including phenoxy) is 2. The summed E-state index contributed by atoms with van der Waals surface area (Å²) < 4.78 is 11.3. The average Bonchev–Trinajstić information content (AvgIpc) is 3.49. The molecule has 2 aliphatic rings. The first-order valence-corrected chi connectivity index (χ1v) is 10.6. The summed E-state index contributed by atoms with van der Waals surface area (Å²) in [7, 11) is 0. The van der Waals surface area contributed by atoms with Crippen molar-refractivity contribution in [3.05, 3.63) is 59.7 Å². The molecule has 2 aromatic carbocycles. The molecule has 158 valence electrons. The minimum absolute atomic E-state index is 0.0901. The second kappa shape index (κ2) is 9.30. The van der Waals surface area contributed by atoms with Crippen molar-refractivity contribution in [3.63, 3.8) is 0 Å². The largest absolute Gasteiger partial charge is 0.491 e. The van der Waals surface area contributed by atoms with Crippen molar-refractivity contribution in [2.75, 3.05) is 18.5 Å². The number of hydrogen-bond donors (Lipinski definition) is 2. The maximum atomic E-state index is 12.6. The molecular formula is C24H28N2O4. The van der Waals surface area contributed by atoms with Gasteiger partial charge in [-0.1, -0.05) is 12.1 Å². The molecule has 1 saturated carbocycles. The molecule has 4 rings (SSSR count). The summed E-state index contributed by atoms with van der Waals surface area (Å²) in [4.78, 5) is 24.4. The van der Waals surface area contributed by atoms with E-state index >= 15 is 0 Å². The van der Waals surface area contributed by atoms with Crippen LogP contribution in [0.25, 0.3) is 0 Å². The molecule has 0 bridgehead atoms. The molecule has 1 aliphatic heterocycles. The smallest absolute Gasteiger partial charge is 0.251 e. The molecule has 6 heteroatoms. The number of anilines is 1. The summed E-state index contributed by atoms with van der Waals surface area (Å²) in [6.45, 7) is 3.29. The lowest BCUT2D eigenvalue weighted by Crippen LogP contribution is -2.26. The van der Waals surface area contributed by atoms with Gasteiger partial charge in [-0.05, 0) is 74.6 Å². The van der Waals surface area contributed by atoms with E-state index in [1.807, 2.05) is 43.3 Å². The zero-order chi connectivity index (χ0) is 20.9. The Bertz CT molecular complexity index is 869. The van der Waals surface area contributed by atoms with Crippen molar-refractivity contribution in [1.82, 2.24) is 5.32 Å². The van der Waals surface area contributed by atoms with Crippen molar-refractivity contribution < 1.29 is 19.1 Å². The molecule has 1 saturated heterocycles. The minimum atomic E-state index is -0.152. The fraction of sp³-hybridized carbons (Fsp3) is 0.417. The highest BCUT2D eigenvalue weighted by molar-refractivity contribution is 5.95. The van der Waals surface area contributed by atoms with E-state index in [0.29, 0.717) is 12.2 Å². The highest BCUT2D eigenvalue weighted by atomic mass is 16.5. The van der Waals surface area contributed by atoms with E-state index in [2.05, 4.69) is 10.6 Å². The average molecular weight is 408 g/mol. The quantitative estimate of drug-likeness (QED) is 0.690. The third-order valence-electron chi connectivity index (χ3n) is 5.55. The summed E-state index contributed by atoms with van der Waals surface area (Å²) in [5.74, 6) is 0.862. The van der Waals surface area contributed by atoms with E-state index in [0.717, 1.165) is 49.3 Å². The highest BCUT2D eigenvalue weighted by Crippen LogP contribution is 2.30. The van der Waals surface area contributed by atoms with E-state index < -0.39 is 0 Å². The van der Waals surface area contributed by atoms with E-state index in [-0.39, 0.29) is 29.9 Å². The van der Waals surface area contributed by atoms with Crippen LogP contribution in [0, 0.1) is 5.92 Å². The van der Waals surface area contributed by atoms with Crippen LogP contribution in [0.15, 0.2) is 48.5 Å². The number of rotatable bonds is 8. The molecular weight excluding hydrogens is 380 g/mol. The Morgan fingerprint density at radius 2 is 1.80 bits per heavy atom. The van der Waals surface area contributed by atoms with Gasteiger partial charge in [0.05, 0.1) is 12.1 Å². The fourth-order valence-electron chi connectivity index (χ4n) is 3.48. The summed E-state index contributed by atoms with van der Waals surface area (Å²) in [6.07, 6.45) is 4.25. The lowest BCUT2D eigenvalue weighted by atomic mass is 10.1. The first-order chi connectivity index (χ1) is 14.6. The van der Waals surface area contributed by atoms with E-state index in [1.54, 1.807) is 12.1 Å². The van der Waals surface area contributed by atoms with Crippen molar-refractivity contribution in [3.8, 4) is 5.75 Å². The molecule has 30 heavy (non-hydrogen) atoms. The predicted molar refractivity (Wildman–Crippen MR) is 115 cm³/mol. The van der Waals surface area contributed by atoms with Crippen LogP contribution in [0.3, 0.4) is 0 Å². The van der Waals surface area contributed by atoms with E-state index in [4.69, 9.17) is 9.47 Å². The topological polar surface area (TPSA) is 76.7 Å². The Labute approximate surface area is 177 Å². The molecule has 0 aromatic heterocycles. The Hall–Kier alpha value is -2.86. The Morgan fingerprint density at radius 1 is 1.07 bits per heavy atom. The molecule has 2 unspecified atom stereocenters. The molecule has 2 fully saturated rings. The van der Waals surface area contributed by atoms with Crippen LogP contribution in [0.5, 0.6) is 5.75 Å². The minimum Gasteiger partial charge on any atom is -0.491 e. The van der Waals surface area contributed by atoms with Crippen LogP contribution in [0.2, 0.25) is 0 Å². The molecule has 2 aromatic rings. The third-order valence-corrected chi connectivity index (χ3v) is 5.55. The van der Waals surface area contributed by atoms with Crippen LogP contribution in [-0.4, -0.2) is 31.1 Å². The summed E-state index contributed by atoms with van der Waals surface area (Å²) in [5.41, 5.74) is 2.34. The molecule has 2 amide bonds. The normalized spacial score (nSPS) is 19.2. The lowest BCUT2D eigenvalue weighted by Gasteiger charge is -2.16. The van der Waals surface area contributed by atoms with E-state index in [9.17, 15) is 9.59 Å². The van der Waals surface area contributed by atoms with Crippen LogP contribution in [0.1, 0.15) is 54.6 Å². The standard InChI is InChI=1S/C24H28N2O4/c1-16(17-6-10-20(11-7-17)26-24(28)18-4-5-18)25-23(27)19-8-12-21(13-9-19)30-15-22-3-2-14-29-22/h6-13,16,18,22H,2-5,14-15H2,1H3,(H,25,27)(H,26,28). The summed E-state index contributed by atoms with van der Waals surface area (Å²) >= 11 is 0. The second-order valence-corrected chi connectivity index (χ2v) is 8.05. The van der Waals surface area contributed by atoms with Crippen LogP contribution in [-0.2, 0) is 9.53 Å². The van der Waals surface area contributed by atoms with Gasteiger partial charge in [0.1, 0.15) is 12.4 Å². The maximum absolute atomic E-state index is 12.6. The van der Waals surface area contributed by atoms with Crippen LogP contribution >= 0.6 is 0 Å². The molecule has 1 heterocycles. The van der Waals surface area contributed by atoms with Gasteiger partial charge < -0.3 is 20.1 Å². The van der Waals surface area contributed by atoms with Gasteiger partial charge in [-0.3, -0.25) is 9.59 Å². The molecule has 6 nitrogen and oxygen atoms in total. The first kappa shape index (κ1) is 20.4. The van der Waals surface area contributed by atoms with Gasteiger partial charge in [-0.2, -0.15) is 0 Å². The van der Waals surface area contributed by atoms with Crippen LogP contribution < -0.4 is 15.4 Å². The first-order valence-electron chi connectivity index (χ1n) is 10.6. The summed E-state index contributed by atoms with van der Waals surface area (Å²) in [6, 6.07) is 14.6. The number of carbonyl (C=O) groups excluding carboxylic acids is 2. The van der Waals surface area contributed by atoms with Gasteiger partial charge in [0.15, 0.2) is 0 Å². The number of hydrogen-bond acceptors (Lipinski definition) is 4. The SMILES string of the molecule is CC(NC(=O)c1ccc(OCC2CCCO2)cc1)c1ccc(NC(=O)C2CC2)cc1. The monoisotopic (exact) mass is 408 g/mol.